The highest BCUT2D eigenvalue weighted by Crippen LogP contribution is 2.19. The lowest BCUT2D eigenvalue weighted by Gasteiger charge is -2.09. The molecule has 0 bridgehead atoms. The third-order valence-electron chi connectivity index (χ3n) is 3.56. The van der Waals surface area contributed by atoms with Crippen molar-refractivity contribution >= 4 is 34.8 Å². The second-order valence-electron chi connectivity index (χ2n) is 5.44. The molecular formula is C19H12ClF2N3O2. The molecule has 8 heteroatoms. The molecule has 0 saturated heterocycles. The van der Waals surface area contributed by atoms with Crippen molar-refractivity contribution in [3.8, 4) is 0 Å². The summed E-state index contributed by atoms with van der Waals surface area (Å²) < 4.78 is 27.3. The molecule has 0 spiro atoms. The van der Waals surface area contributed by atoms with Gasteiger partial charge in [-0.1, -0.05) is 17.7 Å². The van der Waals surface area contributed by atoms with Gasteiger partial charge in [0.25, 0.3) is 11.8 Å². The van der Waals surface area contributed by atoms with Gasteiger partial charge < -0.3 is 10.6 Å². The van der Waals surface area contributed by atoms with Crippen LogP contribution in [0.5, 0.6) is 0 Å². The minimum Gasteiger partial charge on any atom is -0.322 e. The van der Waals surface area contributed by atoms with E-state index < -0.39 is 29.1 Å². The number of nitrogens with one attached hydrogen (secondary N) is 2. The summed E-state index contributed by atoms with van der Waals surface area (Å²) in [5.41, 5.74) is -0.0820. The Morgan fingerprint density at radius 2 is 1.56 bits per heavy atom. The van der Waals surface area contributed by atoms with Crippen LogP contribution in [-0.2, 0) is 0 Å². The predicted molar refractivity (Wildman–Crippen MR) is 98.0 cm³/mol. The highest BCUT2D eigenvalue weighted by molar-refractivity contribution is 6.30. The third-order valence-corrected chi connectivity index (χ3v) is 3.81. The van der Waals surface area contributed by atoms with Crippen LogP contribution in [-0.4, -0.2) is 16.8 Å². The summed E-state index contributed by atoms with van der Waals surface area (Å²) in [6.45, 7) is 0. The predicted octanol–water partition coefficient (Wildman–Crippen LogP) is 4.52. The van der Waals surface area contributed by atoms with Crippen LogP contribution in [0.3, 0.4) is 0 Å². The number of hydrogen-bond donors (Lipinski definition) is 2. The molecule has 27 heavy (non-hydrogen) atoms. The number of benzene rings is 2. The van der Waals surface area contributed by atoms with Gasteiger partial charge in [0.2, 0.25) is 0 Å². The van der Waals surface area contributed by atoms with Crippen molar-refractivity contribution in [1.82, 2.24) is 4.98 Å². The summed E-state index contributed by atoms with van der Waals surface area (Å²) >= 11 is 5.79. The number of carbonyl (C=O) groups is 2. The smallest absolute Gasteiger partial charge is 0.274 e. The first-order chi connectivity index (χ1) is 12.9. The van der Waals surface area contributed by atoms with Gasteiger partial charge in [0.1, 0.15) is 23.0 Å². The van der Waals surface area contributed by atoms with Gasteiger partial charge in [-0.25, -0.2) is 8.78 Å². The topological polar surface area (TPSA) is 71.1 Å². The first kappa shape index (κ1) is 18.5. The van der Waals surface area contributed by atoms with Gasteiger partial charge in [0, 0.05) is 22.5 Å². The minimum absolute atomic E-state index is 0.152. The van der Waals surface area contributed by atoms with E-state index in [4.69, 9.17) is 11.6 Å². The molecule has 2 aromatic carbocycles. The van der Waals surface area contributed by atoms with Gasteiger partial charge in [-0.15, -0.1) is 0 Å². The molecule has 0 aliphatic carbocycles. The molecule has 0 saturated carbocycles. The average Bonchev–Trinajstić information content (AvgIpc) is 2.66. The number of carbonyl (C=O) groups excluding carboxylic acids is 2. The lowest BCUT2D eigenvalue weighted by Crippen LogP contribution is -2.18. The van der Waals surface area contributed by atoms with Gasteiger partial charge in [0.15, 0.2) is 0 Å². The monoisotopic (exact) mass is 387 g/mol. The highest BCUT2D eigenvalue weighted by Gasteiger charge is 2.16. The van der Waals surface area contributed by atoms with E-state index in [0.29, 0.717) is 10.7 Å². The fourth-order valence-electron chi connectivity index (χ4n) is 2.23. The van der Waals surface area contributed by atoms with Gasteiger partial charge >= 0.3 is 0 Å². The Kier molecular flexibility index (Phi) is 5.42. The molecule has 1 aromatic heterocycles. The van der Waals surface area contributed by atoms with E-state index in [1.165, 1.54) is 24.4 Å². The number of nitrogens with zero attached hydrogens (tertiary/aromatic N) is 1. The van der Waals surface area contributed by atoms with Crippen LogP contribution in [0.25, 0.3) is 0 Å². The van der Waals surface area contributed by atoms with Crippen molar-refractivity contribution in [2.24, 2.45) is 0 Å². The molecule has 5 nitrogen and oxygen atoms in total. The largest absolute Gasteiger partial charge is 0.322 e. The minimum atomic E-state index is -0.917. The Morgan fingerprint density at radius 3 is 2.22 bits per heavy atom. The van der Waals surface area contributed by atoms with Gasteiger partial charge in [-0.05, 0) is 48.5 Å². The number of hydrogen-bond acceptors (Lipinski definition) is 3. The molecule has 0 aliphatic rings. The molecule has 2 amide bonds. The van der Waals surface area contributed by atoms with E-state index >= 15 is 0 Å². The second-order valence-corrected chi connectivity index (χ2v) is 5.88. The second kappa shape index (κ2) is 7.92. The fourth-order valence-corrected chi connectivity index (χ4v) is 2.35. The van der Waals surface area contributed by atoms with Crippen molar-refractivity contribution in [3.05, 3.63) is 88.7 Å². The first-order valence-electron chi connectivity index (χ1n) is 7.72. The summed E-state index contributed by atoms with van der Waals surface area (Å²) in [6.07, 6.45) is 1.25. The SMILES string of the molecule is O=C(Nc1ccc(Cl)cc1)c1ccnc(C(=O)Nc2c(F)cccc2F)c1. The number of rotatable bonds is 4. The van der Waals surface area contributed by atoms with Crippen LogP contribution in [0.4, 0.5) is 20.2 Å². The van der Waals surface area contributed by atoms with Crippen molar-refractivity contribution in [3.63, 3.8) is 0 Å². The van der Waals surface area contributed by atoms with Crippen LogP contribution >= 0.6 is 11.6 Å². The number of pyridine rings is 1. The number of anilines is 2. The van der Waals surface area contributed by atoms with Gasteiger partial charge in [-0.3, -0.25) is 14.6 Å². The molecule has 0 aliphatic heterocycles. The Balaban J connectivity index is 1.77. The van der Waals surface area contributed by atoms with E-state index in [1.807, 2.05) is 0 Å². The highest BCUT2D eigenvalue weighted by atomic mass is 35.5. The fraction of sp³-hybridized carbons (Fsp3) is 0. The zero-order valence-corrected chi connectivity index (χ0v) is 14.4. The zero-order valence-electron chi connectivity index (χ0n) is 13.7. The quantitative estimate of drug-likeness (QED) is 0.691. The zero-order chi connectivity index (χ0) is 19.4. The summed E-state index contributed by atoms with van der Waals surface area (Å²) in [5, 5.41) is 5.29. The summed E-state index contributed by atoms with van der Waals surface area (Å²) in [5.74, 6) is -3.16. The van der Waals surface area contributed by atoms with Crippen molar-refractivity contribution in [1.29, 1.82) is 0 Å². The van der Waals surface area contributed by atoms with Crippen LogP contribution in [0.2, 0.25) is 5.02 Å². The Labute approximate surface area is 158 Å². The molecule has 1 heterocycles. The van der Waals surface area contributed by atoms with Crippen LogP contribution in [0.15, 0.2) is 60.8 Å². The van der Waals surface area contributed by atoms with Crippen molar-refractivity contribution in [2.75, 3.05) is 10.6 Å². The summed E-state index contributed by atoms with van der Waals surface area (Å²) in [4.78, 5) is 28.4. The molecule has 3 rings (SSSR count). The maximum atomic E-state index is 13.7. The van der Waals surface area contributed by atoms with Gasteiger partial charge in [0.05, 0.1) is 0 Å². The first-order valence-corrected chi connectivity index (χ1v) is 8.10. The molecule has 2 N–H and O–H groups in total. The molecule has 3 aromatic rings. The molecule has 0 fully saturated rings. The van der Waals surface area contributed by atoms with Crippen molar-refractivity contribution in [2.45, 2.75) is 0 Å². The molecule has 0 unspecified atom stereocenters. The van der Waals surface area contributed by atoms with Crippen LogP contribution in [0.1, 0.15) is 20.8 Å². The van der Waals surface area contributed by atoms with Crippen LogP contribution < -0.4 is 10.6 Å². The number of amides is 2. The van der Waals surface area contributed by atoms with Crippen molar-refractivity contribution < 1.29 is 18.4 Å². The molecule has 0 radical (unpaired) electrons. The van der Waals surface area contributed by atoms with E-state index in [0.717, 1.165) is 12.1 Å². The maximum Gasteiger partial charge on any atom is 0.274 e. The van der Waals surface area contributed by atoms with E-state index in [-0.39, 0.29) is 11.3 Å². The normalized spacial score (nSPS) is 10.3. The average molecular weight is 388 g/mol. The van der Waals surface area contributed by atoms with E-state index in [1.54, 1.807) is 24.3 Å². The Morgan fingerprint density at radius 1 is 0.889 bits per heavy atom. The number of para-hydroxylation sites is 1. The number of halogens is 3. The Bertz CT molecular complexity index is 990. The maximum absolute atomic E-state index is 13.7. The Hall–Kier alpha value is -3.32. The third kappa shape index (κ3) is 4.45. The number of aromatic nitrogens is 1. The summed E-state index contributed by atoms with van der Waals surface area (Å²) in [6, 6.07) is 12.3. The molecule has 136 valence electrons. The molecule has 0 atom stereocenters. The van der Waals surface area contributed by atoms with Crippen LogP contribution in [0, 0.1) is 11.6 Å². The standard InChI is InChI=1S/C19H12ClF2N3O2/c20-12-4-6-13(7-5-12)24-18(26)11-8-9-23-16(10-11)19(27)25-17-14(21)2-1-3-15(17)22/h1-10H,(H,24,26)(H,25,27). The summed E-state index contributed by atoms with van der Waals surface area (Å²) in [7, 11) is 0. The van der Waals surface area contributed by atoms with E-state index in [2.05, 4.69) is 15.6 Å². The van der Waals surface area contributed by atoms with Gasteiger partial charge in [-0.2, -0.15) is 0 Å². The molecular weight excluding hydrogens is 376 g/mol. The lowest BCUT2D eigenvalue weighted by molar-refractivity contribution is 0.102. The van der Waals surface area contributed by atoms with E-state index in [9.17, 15) is 18.4 Å². The lowest BCUT2D eigenvalue weighted by atomic mass is 10.2.